The highest BCUT2D eigenvalue weighted by Crippen LogP contribution is 2.14. The number of nitrogens with one attached hydrogen (secondary N) is 1. The van der Waals surface area contributed by atoms with Gasteiger partial charge in [0.1, 0.15) is 11.6 Å². The summed E-state index contributed by atoms with van der Waals surface area (Å²) in [5.74, 6) is -0.615. The summed E-state index contributed by atoms with van der Waals surface area (Å²) < 4.78 is 13.3. The van der Waals surface area contributed by atoms with E-state index in [2.05, 4.69) is 5.32 Å². The third-order valence-corrected chi connectivity index (χ3v) is 2.45. The highest BCUT2D eigenvalue weighted by atomic mass is 19.1. The maximum Gasteiger partial charge on any atom is 0.228 e. The van der Waals surface area contributed by atoms with Crippen LogP contribution in [0.2, 0.25) is 0 Å². The van der Waals surface area contributed by atoms with Crippen LogP contribution in [-0.2, 0) is 11.2 Å². The molecule has 0 spiro atoms. The Kier molecular flexibility index (Phi) is 3.57. The highest BCUT2D eigenvalue weighted by Gasteiger charge is 2.07. The fourth-order valence-electron chi connectivity index (χ4n) is 1.56. The van der Waals surface area contributed by atoms with Crippen molar-refractivity contribution in [1.29, 1.82) is 0 Å². The molecule has 0 fully saturated rings. The maximum atomic E-state index is 13.3. The van der Waals surface area contributed by atoms with Crippen LogP contribution in [0.3, 0.4) is 0 Å². The number of rotatable bonds is 3. The molecular formula is C14H12FNO2. The molecule has 2 N–H and O–H groups in total. The van der Waals surface area contributed by atoms with Crippen molar-refractivity contribution < 1.29 is 14.3 Å². The Morgan fingerprint density at radius 2 is 1.78 bits per heavy atom. The molecule has 0 bridgehead atoms. The van der Waals surface area contributed by atoms with Gasteiger partial charge < -0.3 is 10.4 Å². The molecule has 2 aromatic carbocycles. The van der Waals surface area contributed by atoms with Crippen LogP contribution in [0, 0.1) is 5.82 Å². The summed E-state index contributed by atoms with van der Waals surface area (Å²) in [5, 5.41) is 11.6. The minimum absolute atomic E-state index is 0.134. The van der Waals surface area contributed by atoms with E-state index >= 15 is 0 Å². The summed E-state index contributed by atoms with van der Waals surface area (Å²) in [5.41, 5.74) is 0.919. The smallest absolute Gasteiger partial charge is 0.228 e. The Labute approximate surface area is 104 Å². The number of carbonyl (C=O) groups excluding carboxylic acids is 1. The van der Waals surface area contributed by atoms with Crippen molar-refractivity contribution in [3.05, 3.63) is 59.9 Å². The van der Waals surface area contributed by atoms with E-state index in [9.17, 15) is 9.18 Å². The van der Waals surface area contributed by atoms with Crippen molar-refractivity contribution in [2.75, 3.05) is 5.32 Å². The predicted molar refractivity (Wildman–Crippen MR) is 66.8 cm³/mol. The lowest BCUT2D eigenvalue weighted by atomic mass is 10.1. The third-order valence-electron chi connectivity index (χ3n) is 2.45. The van der Waals surface area contributed by atoms with Crippen molar-refractivity contribution in [3.63, 3.8) is 0 Å². The molecule has 0 radical (unpaired) electrons. The molecule has 0 unspecified atom stereocenters. The summed E-state index contributed by atoms with van der Waals surface area (Å²) in [7, 11) is 0. The maximum absolute atomic E-state index is 13.3. The Bertz CT molecular complexity index is 552. The van der Waals surface area contributed by atoms with Crippen molar-refractivity contribution in [3.8, 4) is 5.75 Å². The van der Waals surface area contributed by atoms with E-state index in [0.29, 0.717) is 0 Å². The SMILES string of the molecule is O=C(Cc1ccc(O)cc1)Nc1ccccc1F. The lowest BCUT2D eigenvalue weighted by Crippen LogP contribution is -2.15. The summed E-state index contributed by atoms with van der Waals surface area (Å²) in [6.07, 6.45) is 0.134. The van der Waals surface area contributed by atoms with Crippen LogP contribution < -0.4 is 5.32 Å². The monoisotopic (exact) mass is 245 g/mol. The number of halogens is 1. The number of carbonyl (C=O) groups is 1. The van der Waals surface area contributed by atoms with Crippen LogP contribution in [0.1, 0.15) is 5.56 Å². The number of para-hydroxylation sites is 1. The number of phenols is 1. The Hall–Kier alpha value is -2.36. The summed E-state index contributed by atoms with van der Waals surface area (Å²) >= 11 is 0. The molecule has 0 aliphatic heterocycles. The van der Waals surface area contributed by atoms with E-state index in [1.807, 2.05) is 0 Å². The third kappa shape index (κ3) is 3.07. The van der Waals surface area contributed by atoms with Crippen LogP contribution in [0.4, 0.5) is 10.1 Å². The molecule has 3 nitrogen and oxygen atoms in total. The van der Waals surface area contributed by atoms with E-state index in [0.717, 1.165) is 5.56 Å². The van der Waals surface area contributed by atoms with Crippen LogP contribution in [0.25, 0.3) is 0 Å². The van der Waals surface area contributed by atoms with Gasteiger partial charge in [0.15, 0.2) is 0 Å². The van der Waals surface area contributed by atoms with Crippen molar-refractivity contribution in [2.45, 2.75) is 6.42 Å². The second-order valence-electron chi connectivity index (χ2n) is 3.87. The number of benzene rings is 2. The van der Waals surface area contributed by atoms with E-state index < -0.39 is 5.82 Å². The van der Waals surface area contributed by atoms with Crippen molar-refractivity contribution in [2.24, 2.45) is 0 Å². The molecule has 2 aromatic rings. The number of amides is 1. The van der Waals surface area contributed by atoms with Crippen LogP contribution >= 0.6 is 0 Å². The van der Waals surface area contributed by atoms with Gasteiger partial charge in [-0.2, -0.15) is 0 Å². The summed E-state index contributed by atoms with van der Waals surface area (Å²) in [6.45, 7) is 0. The van der Waals surface area contributed by atoms with Crippen LogP contribution in [0.15, 0.2) is 48.5 Å². The Morgan fingerprint density at radius 1 is 1.11 bits per heavy atom. The van der Waals surface area contributed by atoms with Gasteiger partial charge in [-0.25, -0.2) is 4.39 Å². The highest BCUT2D eigenvalue weighted by molar-refractivity contribution is 5.92. The average Bonchev–Trinajstić information content (AvgIpc) is 2.35. The van der Waals surface area contributed by atoms with Crippen molar-refractivity contribution in [1.82, 2.24) is 0 Å². The first-order valence-electron chi connectivity index (χ1n) is 5.47. The topological polar surface area (TPSA) is 49.3 Å². The molecule has 1 amide bonds. The molecule has 18 heavy (non-hydrogen) atoms. The zero-order valence-corrected chi connectivity index (χ0v) is 9.56. The second-order valence-corrected chi connectivity index (χ2v) is 3.87. The summed E-state index contributed by atoms with van der Waals surface area (Å²) in [4.78, 5) is 11.7. The Balaban J connectivity index is 2.01. The number of aromatic hydroxyl groups is 1. The fourth-order valence-corrected chi connectivity index (χ4v) is 1.56. The van der Waals surface area contributed by atoms with Gasteiger partial charge in [-0.3, -0.25) is 4.79 Å². The second kappa shape index (κ2) is 5.31. The number of phenolic OH excluding ortho intramolecular Hbond substituents is 1. The summed E-state index contributed by atoms with van der Waals surface area (Å²) in [6, 6.07) is 12.3. The molecule has 2 rings (SSSR count). The van der Waals surface area contributed by atoms with Gasteiger partial charge in [-0.15, -0.1) is 0 Å². The average molecular weight is 245 g/mol. The molecule has 0 atom stereocenters. The van der Waals surface area contributed by atoms with E-state index in [1.54, 1.807) is 24.3 Å². The lowest BCUT2D eigenvalue weighted by Gasteiger charge is -2.06. The van der Waals surface area contributed by atoms with Gasteiger partial charge in [0.2, 0.25) is 5.91 Å². The minimum atomic E-state index is -0.462. The van der Waals surface area contributed by atoms with Gasteiger partial charge >= 0.3 is 0 Å². The van der Waals surface area contributed by atoms with Gasteiger partial charge in [-0.1, -0.05) is 24.3 Å². The molecule has 0 aromatic heterocycles. The van der Waals surface area contributed by atoms with Gasteiger partial charge in [0, 0.05) is 0 Å². The first kappa shape index (κ1) is 12.1. The van der Waals surface area contributed by atoms with E-state index in [1.165, 1.54) is 24.3 Å². The number of hydrogen-bond donors (Lipinski definition) is 2. The van der Waals surface area contributed by atoms with Gasteiger partial charge in [0.25, 0.3) is 0 Å². The molecule has 92 valence electrons. The predicted octanol–water partition coefficient (Wildman–Crippen LogP) is 2.71. The first-order chi connectivity index (χ1) is 8.65. The molecule has 0 saturated heterocycles. The minimum Gasteiger partial charge on any atom is -0.508 e. The van der Waals surface area contributed by atoms with Crippen molar-refractivity contribution >= 4 is 11.6 Å². The largest absolute Gasteiger partial charge is 0.508 e. The quantitative estimate of drug-likeness (QED) is 0.873. The lowest BCUT2D eigenvalue weighted by molar-refractivity contribution is -0.115. The fraction of sp³-hybridized carbons (Fsp3) is 0.0714. The normalized spacial score (nSPS) is 10.1. The number of anilines is 1. The Morgan fingerprint density at radius 3 is 2.44 bits per heavy atom. The van der Waals surface area contributed by atoms with Crippen LogP contribution in [-0.4, -0.2) is 11.0 Å². The zero-order chi connectivity index (χ0) is 13.0. The first-order valence-corrected chi connectivity index (χ1v) is 5.47. The van der Waals surface area contributed by atoms with Gasteiger partial charge in [0.05, 0.1) is 12.1 Å². The van der Waals surface area contributed by atoms with Gasteiger partial charge in [-0.05, 0) is 29.8 Å². The van der Waals surface area contributed by atoms with Crippen LogP contribution in [0.5, 0.6) is 5.75 Å². The number of hydrogen-bond acceptors (Lipinski definition) is 2. The standard InChI is InChI=1S/C14H12FNO2/c15-12-3-1-2-4-13(12)16-14(18)9-10-5-7-11(17)8-6-10/h1-8,17H,9H2,(H,16,18). The van der Waals surface area contributed by atoms with E-state index in [4.69, 9.17) is 5.11 Å². The molecule has 0 aliphatic rings. The molecule has 0 aliphatic carbocycles. The zero-order valence-electron chi connectivity index (χ0n) is 9.56. The molecule has 0 heterocycles. The molecule has 4 heteroatoms. The molecular weight excluding hydrogens is 233 g/mol. The molecule has 0 saturated carbocycles. The van der Waals surface area contributed by atoms with E-state index in [-0.39, 0.29) is 23.8 Å².